The Labute approximate surface area is 252 Å². The van der Waals surface area contributed by atoms with Gasteiger partial charge in [0.1, 0.15) is 0 Å². The van der Waals surface area contributed by atoms with E-state index in [4.69, 9.17) is 4.42 Å². The number of rotatable bonds is 12. The molecule has 1 aliphatic heterocycles. The van der Waals surface area contributed by atoms with Gasteiger partial charge < -0.3 is 20.0 Å². The van der Waals surface area contributed by atoms with Crippen LogP contribution in [0.15, 0.2) is 51.7 Å². The number of hydrogen-bond donors (Lipinski definition) is 2. The molecule has 41 heavy (non-hydrogen) atoms. The second-order valence-electron chi connectivity index (χ2n) is 9.56. The third-order valence-electron chi connectivity index (χ3n) is 6.83. The van der Waals surface area contributed by atoms with Gasteiger partial charge in [0.15, 0.2) is 0 Å². The van der Waals surface area contributed by atoms with E-state index < -0.39 is 5.76 Å². The van der Waals surface area contributed by atoms with Gasteiger partial charge in [-0.2, -0.15) is 4.68 Å². The van der Waals surface area contributed by atoms with Crippen LogP contribution in [0, 0.1) is 6.92 Å². The number of likely N-dealkylation sites (N-methyl/N-ethyl adjacent to an activating group) is 2. The van der Waals surface area contributed by atoms with Crippen molar-refractivity contribution in [3.05, 3.63) is 69.7 Å². The molecule has 1 aliphatic rings. The molecule has 0 unspecified atom stereocenters. The first-order valence-corrected chi connectivity index (χ1v) is 13.3. The monoisotopic (exact) mass is 607 g/mol. The van der Waals surface area contributed by atoms with Crippen molar-refractivity contribution in [3.8, 4) is 11.5 Å². The molecule has 0 spiro atoms. The highest BCUT2D eigenvalue weighted by Crippen LogP contribution is 2.27. The number of nitrogens with one attached hydrogen (secondary N) is 2. The van der Waals surface area contributed by atoms with Crippen LogP contribution in [0.5, 0.6) is 0 Å². The highest BCUT2D eigenvalue weighted by molar-refractivity contribution is 5.87. The van der Waals surface area contributed by atoms with Crippen LogP contribution in [-0.4, -0.2) is 71.4 Å². The number of nitrogens with zero attached hydrogens (tertiary/aromatic N) is 5. The Morgan fingerprint density at radius 1 is 1.02 bits per heavy atom. The first-order valence-electron chi connectivity index (χ1n) is 13.3. The zero-order valence-electron chi connectivity index (χ0n) is 23.9. The van der Waals surface area contributed by atoms with Gasteiger partial charge in [-0.25, -0.2) is 9.80 Å². The van der Waals surface area contributed by atoms with E-state index in [1.807, 2.05) is 50.0 Å². The van der Waals surface area contributed by atoms with E-state index in [-0.39, 0.29) is 55.6 Å². The van der Waals surface area contributed by atoms with E-state index in [0.717, 1.165) is 17.8 Å². The Balaban J connectivity index is 0.00000294. The largest absolute Gasteiger partial charge is 0.437 e. The standard InChI is InChI=1S/C28H37N7O4.2ClH/c1-5-29-13-14-30-25(36)18-33(19-26(37)32(4)34-16-22-9-7-8-10-23(22)17-34)24-12-11-21(15-20(24)3)27-31-35(6-2)28(38)39-27;;/h7-12,15,29H,5-6,13-14,16-19H2,1-4H3,(H,30,36);2*1H. The molecular weight excluding hydrogens is 569 g/mol. The first kappa shape index (κ1) is 33.8. The Morgan fingerprint density at radius 2 is 1.71 bits per heavy atom. The summed E-state index contributed by atoms with van der Waals surface area (Å²) in [4.78, 5) is 40.0. The van der Waals surface area contributed by atoms with Crippen LogP contribution < -0.4 is 21.3 Å². The summed E-state index contributed by atoms with van der Waals surface area (Å²) in [5, 5.41) is 14.0. The Hall–Kier alpha value is -3.38. The average Bonchev–Trinajstić information content (AvgIpc) is 3.53. The molecule has 2 aromatic carbocycles. The maximum absolute atomic E-state index is 13.5. The number of aromatic nitrogens is 2. The molecule has 0 radical (unpaired) electrons. The molecule has 1 aromatic heterocycles. The molecule has 0 fully saturated rings. The third kappa shape index (κ3) is 8.32. The number of benzene rings is 2. The molecule has 0 aliphatic carbocycles. The predicted octanol–water partition coefficient (Wildman–Crippen LogP) is 2.60. The number of carbonyl (C=O) groups excluding carboxylic acids is 2. The molecule has 2 amide bonds. The van der Waals surface area contributed by atoms with Crippen LogP contribution in [0.3, 0.4) is 0 Å². The van der Waals surface area contributed by atoms with Crippen molar-refractivity contribution in [1.82, 2.24) is 30.4 Å². The molecule has 0 bridgehead atoms. The Bertz CT molecular complexity index is 1350. The minimum atomic E-state index is -0.511. The molecular formula is C28H39Cl2N7O4. The predicted molar refractivity (Wildman–Crippen MR) is 163 cm³/mol. The van der Waals surface area contributed by atoms with E-state index in [1.54, 1.807) is 23.0 Å². The second kappa shape index (κ2) is 15.6. The van der Waals surface area contributed by atoms with Crippen LogP contribution in [0.2, 0.25) is 0 Å². The summed E-state index contributed by atoms with van der Waals surface area (Å²) in [6.45, 7) is 9.48. The SMILES string of the molecule is CCNCCNC(=O)CN(CC(=O)N(C)N1Cc2ccccc2C1)c1ccc(-c2nn(CC)c(=O)o2)cc1C.Cl.Cl. The van der Waals surface area contributed by atoms with E-state index in [9.17, 15) is 14.4 Å². The van der Waals surface area contributed by atoms with E-state index in [0.29, 0.717) is 38.3 Å². The van der Waals surface area contributed by atoms with Gasteiger partial charge in [-0.1, -0.05) is 31.2 Å². The van der Waals surface area contributed by atoms with Gasteiger partial charge in [0.05, 0.1) is 13.1 Å². The smallest absolute Gasteiger partial charge is 0.388 e. The van der Waals surface area contributed by atoms with Crippen molar-refractivity contribution >= 4 is 42.3 Å². The van der Waals surface area contributed by atoms with Crippen molar-refractivity contribution in [2.24, 2.45) is 0 Å². The van der Waals surface area contributed by atoms with Gasteiger partial charge in [0, 0.05) is 51.0 Å². The van der Waals surface area contributed by atoms with E-state index in [2.05, 4.69) is 27.9 Å². The molecule has 0 atom stereocenters. The lowest BCUT2D eigenvalue weighted by molar-refractivity contribution is -0.145. The quantitative estimate of drug-likeness (QED) is 0.302. The number of fused-ring (bicyclic) bond motifs is 1. The number of carbonyl (C=O) groups is 2. The Kier molecular flexibility index (Phi) is 12.8. The van der Waals surface area contributed by atoms with Gasteiger partial charge in [-0.15, -0.1) is 29.9 Å². The number of anilines is 1. The van der Waals surface area contributed by atoms with Crippen LogP contribution in [0.1, 0.15) is 30.5 Å². The summed E-state index contributed by atoms with van der Waals surface area (Å²) >= 11 is 0. The summed E-state index contributed by atoms with van der Waals surface area (Å²) in [6, 6.07) is 13.6. The fourth-order valence-electron chi connectivity index (χ4n) is 4.64. The molecule has 3 aromatic rings. The van der Waals surface area contributed by atoms with Crippen LogP contribution in [-0.2, 0) is 29.2 Å². The summed E-state index contributed by atoms with van der Waals surface area (Å²) in [5.74, 6) is -0.580. The topological polar surface area (TPSA) is 116 Å². The normalized spacial score (nSPS) is 12.2. The highest BCUT2D eigenvalue weighted by atomic mass is 35.5. The van der Waals surface area contributed by atoms with Gasteiger partial charge in [-0.3, -0.25) is 14.6 Å². The molecule has 0 saturated heterocycles. The summed E-state index contributed by atoms with van der Waals surface area (Å²) < 4.78 is 6.56. The lowest BCUT2D eigenvalue weighted by Crippen LogP contribution is -2.48. The van der Waals surface area contributed by atoms with Gasteiger partial charge >= 0.3 is 5.76 Å². The van der Waals surface area contributed by atoms with Gasteiger partial charge in [-0.05, 0) is 55.3 Å². The molecule has 2 heterocycles. The third-order valence-corrected chi connectivity index (χ3v) is 6.83. The number of halogens is 2. The zero-order valence-corrected chi connectivity index (χ0v) is 25.5. The first-order chi connectivity index (χ1) is 18.8. The number of hydrogen-bond acceptors (Lipinski definition) is 8. The fourth-order valence-corrected chi connectivity index (χ4v) is 4.64. The zero-order chi connectivity index (χ0) is 27.9. The average molecular weight is 609 g/mol. The molecule has 224 valence electrons. The lowest BCUT2D eigenvalue weighted by Gasteiger charge is -2.32. The van der Waals surface area contributed by atoms with Gasteiger partial charge in [0.2, 0.25) is 11.8 Å². The Morgan fingerprint density at radius 3 is 2.29 bits per heavy atom. The summed E-state index contributed by atoms with van der Waals surface area (Å²) in [7, 11) is 1.77. The molecule has 0 saturated carbocycles. The molecule has 11 nitrogen and oxygen atoms in total. The second-order valence-corrected chi connectivity index (χ2v) is 9.56. The number of amides is 2. The molecule has 2 N–H and O–H groups in total. The van der Waals surface area contributed by atoms with E-state index in [1.165, 1.54) is 15.8 Å². The lowest BCUT2D eigenvalue weighted by atomic mass is 10.1. The minimum Gasteiger partial charge on any atom is -0.388 e. The van der Waals surface area contributed by atoms with Crippen molar-refractivity contribution in [3.63, 3.8) is 0 Å². The number of hydrazine groups is 1. The van der Waals surface area contributed by atoms with Crippen molar-refractivity contribution in [2.75, 3.05) is 44.7 Å². The molecule has 13 heteroatoms. The highest BCUT2D eigenvalue weighted by Gasteiger charge is 2.27. The molecule has 4 rings (SSSR count). The maximum Gasteiger partial charge on any atom is 0.437 e. The van der Waals surface area contributed by atoms with Gasteiger partial charge in [0.25, 0.3) is 5.91 Å². The van der Waals surface area contributed by atoms with Crippen molar-refractivity contribution in [1.29, 1.82) is 0 Å². The fraction of sp³-hybridized carbons (Fsp3) is 0.429. The van der Waals surface area contributed by atoms with Crippen LogP contribution in [0.25, 0.3) is 11.5 Å². The summed E-state index contributed by atoms with van der Waals surface area (Å²) in [6.07, 6.45) is 0. The van der Waals surface area contributed by atoms with Crippen LogP contribution >= 0.6 is 24.8 Å². The van der Waals surface area contributed by atoms with Crippen molar-refractivity contribution < 1.29 is 14.0 Å². The minimum absolute atomic E-state index is 0. The van der Waals surface area contributed by atoms with E-state index >= 15 is 0 Å². The van der Waals surface area contributed by atoms with Crippen LogP contribution in [0.4, 0.5) is 5.69 Å². The summed E-state index contributed by atoms with van der Waals surface area (Å²) in [5.41, 5.74) is 4.62. The maximum atomic E-state index is 13.5. The van der Waals surface area contributed by atoms with Crippen molar-refractivity contribution in [2.45, 2.75) is 40.4 Å². The number of aryl methyl sites for hydroxylation is 2.